The molecule has 0 aliphatic heterocycles. The summed E-state index contributed by atoms with van der Waals surface area (Å²) in [7, 11) is 0. The first kappa shape index (κ1) is 14.6. The Morgan fingerprint density at radius 3 is 2.47 bits per heavy atom. The van der Waals surface area contributed by atoms with Crippen LogP contribution in [0.3, 0.4) is 0 Å². The van der Waals surface area contributed by atoms with E-state index in [1.54, 1.807) is 0 Å². The molecule has 0 aromatic carbocycles. The Morgan fingerprint density at radius 2 is 2.06 bits per heavy atom. The Labute approximate surface area is 110 Å². The summed E-state index contributed by atoms with van der Waals surface area (Å²) in [5.74, 6) is 0.511. The maximum atomic E-state index is 9.28. The molecule has 0 heterocycles. The van der Waals surface area contributed by atoms with E-state index in [4.69, 9.17) is 17.3 Å². The minimum Gasteiger partial charge on any atom is -0.515 e. The first-order valence-electron chi connectivity index (χ1n) is 6.22. The lowest BCUT2D eigenvalue weighted by Crippen LogP contribution is -2.26. The molecule has 0 saturated carbocycles. The number of hydrogen-bond donors (Lipinski definition) is 2. The molecule has 1 aliphatic rings. The quantitative estimate of drug-likeness (QED) is 0.731. The average Bonchev–Trinajstić information content (AvgIpc) is 2.18. The zero-order chi connectivity index (χ0) is 13.2. The molecule has 1 aliphatic carbocycles. The maximum Gasteiger partial charge on any atom is 0.0838 e. The number of halogens is 1. The van der Waals surface area contributed by atoms with Gasteiger partial charge in [0.2, 0.25) is 0 Å². The molecule has 2 nitrogen and oxygen atoms in total. The third-order valence-electron chi connectivity index (χ3n) is 3.50. The molecule has 0 aromatic heterocycles. The van der Waals surface area contributed by atoms with Crippen LogP contribution in [0.4, 0.5) is 0 Å². The summed E-state index contributed by atoms with van der Waals surface area (Å²) in [6.07, 6.45) is 3.80. The highest BCUT2D eigenvalue weighted by Crippen LogP contribution is 2.44. The van der Waals surface area contributed by atoms with E-state index in [9.17, 15) is 5.11 Å². The van der Waals surface area contributed by atoms with Crippen molar-refractivity contribution in [1.29, 1.82) is 0 Å². The number of nitrogens with two attached hydrogens (primary N) is 1. The highest BCUT2D eigenvalue weighted by atomic mass is 35.5. The zero-order valence-electron chi connectivity index (χ0n) is 11.3. The second-order valence-corrected chi connectivity index (χ2v) is 6.60. The Hall–Kier alpha value is -0.470. The van der Waals surface area contributed by atoms with E-state index < -0.39 is 0 Å². The van der Waals surface area contributed by atoms with Crippen molar-refractivity contribution in [2.24, 2.45) is 17.1 Å². The summed E-state index contributed by atoms with van der Waals surface area (Å²) in [5, 5.41) is 10.0. The lowest BCUT2D eigenvalue weighted by molar-refractivity contribution is 0.228. The Kier molecular flexibility index (Phi) is 4.68. The largest absolute Gasteiger partial charge is 0.515 e. The van der Waals surface area contributed by atoms with Gasteiger partial charge in [-0.3, -0.25) is 0 Å². The van der Waals surface area contributed by atoms with Crippen molar-refractivity contribution in [3.05, 3.63) is 22.4 Å². The van der Waals surface area contributed by atoms with Crippen LogP contribution in [0.2, 0.25) is 0 Å². The van der Waals surface area contributed by atoms with Crippen LogP contribution in [-0.2, 0) is 0 Å². The van der Waals surface area contributed by atoms with Crippen LogP contribution in [0, 0.1) is 11.3 Å². The fourth-order valence-corrected chi connectivity index (χ4v) is 2.60. The predicted octanol–water partition coefficient (Wildman–Crippen LogP) is 4.11. The number of rotatable bonds is 2. The first-order chi connectivity index (χ1) is 7.75. The molecule has 3 N–H and O–H groups in total. The van der Waals surface area contributed by atoms with Crippen LogP contribution in [-0.4, -0.2) is 11.1 Å². The van der Waals surface area contributed by atoms with Crippen molar-refractivity contribution in [2.75, 3.05) is 0 Å². The van der Waals surface area contributed by atoms with Crippen molar-refractivity contribution in [3.8, 4) is 0 Å². The molecule has 3 heteroatoms. The van der Waals surface area contributed by atoms with Gasteiger partial charge in [0.05, 0.1) is 6.26 Å². The second-order valence-electron chi connectivity index (χ2n) is 6.22. The lowest BCUT2D eigenvalue weighted by atomic mass is 9.70. The summed E-state index contributed by atoms with van der Waals surface area (Å²) in [5.41, 5.74) is 8.11. The number of hydrogen-bond acceptors (Lipinski definition) is 2. The molecule has 0 radical (unpaired) electrons. The third-order valence-corrected chi connectivity index (χ3v) is 4.01. The topological polar surface area (TPSA) is 46.2 Å². The first-order valence-corrected chi connectivity index (χ1v) is 6.60. The zero-order valence-corrected chi connectivity index (χ0v) is 12.0. The maximum absolute atomic E-state index is 9.28. The third kappa shape index (κ3) is 3.75. The molecule has 2 atom stereocenters. The van der Waals surface area contributed by atoms with E-state index in [0.29, 0.717) is 5.92 Å². The molecule has 17 heavy (non-hydrogen) atoms. The molecular formula is C14H24ClNO. The van der Waals surface area contributed by atoms with Crippen LogP contribution >= 0.6 is 11.6 Å². The molecule has 1 rings (SSSR count). The van der Waals surface area contributed by atoms with Gasteiger partial charge in [-0.2, -0.15) is 0 Å². The molecule has 0 bridgehead atoms. The molecule has 0 spiro atoms. The number of allylic oxidation sites excluding steroid dienone is 2. The summed E-state index contributed by atoms with van der Waals surface area (Å²) in [6, 6.07) is 0.109. The van der Waals surface area contributed by atoms with Gasteiger partial charge >= 0.3 is 0 Å². The van der Waals surface area contributed by atoms with Crippen LogP contribution in [0.15, 0.2) is 22.4 Å². The minimum absolute atomic E-state index is 0.109. The van der Waals surface area contributed by atoms with E-state index >= 15 is 0 Å². The van der Waals surface area contributed by atoms with Crippen LogP contribution < -0.4 is 5.73 Å². The lowest BCUT2D eigenvalue weighted by Gasteiger charge is -2.36. The van der Waals surface area contributed by atoms with Crippen LogP contribution in [0.25, 0.3) is 0 Å². The van der Waals surface area contributed by atoms with E-state index in [-0.39, 0.29) is 11.5 Å². The molecule has 0 fully saturated rings. The van der Waals surface area contributed by atoms with Gasteiger partial charge in [-0.25, -0.2) is 0 Å². The van der Waals surface area contributed by atoms with Crippen molar-refractivity contribution in [1.82, 2.24) is 0 Å². The predicted molar refractivity (Wildman–Crippen MR) is 74.0 cm³/mol. The Morgan fingerprint density at radius 1 is 1.47 bits per heavy atom. The van der Waals surface area contributed by atoms with Gasteiger partial charge in [-0.15, -0.1) is 0 Å². The van der Waals surface area contributed by atoms with Gasteiger partial charge in [0, 0.05) is 16.6 Å². The molecule has 0 aromatic rings. The average molecular weight is 258 g/mol. The van der Waals surface area contributed by atoms with Gasteiger partial charge in [0.1, 0.15) is 0 Å². The van der Waals surface area contributed by atoms with E-state index in [2.05, 4.69) is 20.8 Å². The Balaban J connectivity index is 3.00. The normalized spacial score (nSPS) is 26.5. The summed E-state index contributed by atoms with van der Waals surface area (Å²) < 4.78 is 0. The van der Waals surface area contributed by atoms with E-state index in [0.717, 1.165) is 36.1 Å². The summed E-state index contributed by atoms with van der Waals surface area (Å²) in [6.45, 7) is 8.68. The molecule has 0 saturated heterocycles. The van der Waals surface area contributed by atoms with Crippen molar-refractivity contribution in [2.45, 2.75) is 53.0 Å². The highest BCUT2D eigenvalue weighted by Gasteiger charge is 2.32. The number of aliphatic hydroxyl groups excluding tert-OH is 1. The second kappa shape index (κ2) is 5.45. The minimum atomic E-state index is 0.109. The van der Waals surface area contributed by atoms with Crippen molar-refractivity contribution < 1.29 is 5.11 Å². The van der Waals surface area contributed by atoms with Gasteiger partial charge in [-0.05, 0) is 43.1 Å². The van der Waals surface area contributed by atoms with Crippen LogP contribution in [0.5, 0.6) is 0 Å². The molecular weight excluding hydrogens is 234 g/mol. The van der Waals surface area contributed by atoms with Gasteiger partial charge < -0.3 is 10.8 Å². The van der Waals surface area contributed by atoms with Gasteiger partial charge in [0.15, 0.2) is 0 Å². The van der Waals surface area contributed by atoms with Crippen molar-refractivity contribution in [3.63, 3.8) is 0 Å². The standard InChI is InChI=1S/C14H24ClNO/c1-9(16)5-10-6-12(14(2,3)4)7-11(8-17)13(10)15/h8-9,12,17H,5-7,16H2,1-4H3/b11-8+. The van der Waals surface area contributed by atoms with E-state index in [1.165, 1.54) is 5.57 Å². The monoisotopic (exact) mass is 257 g/mol. The number of aliphatic hydroxyl groups is 1. The highest BCUT2D eigenvalue weighted by molar-refractivity contribution is 6.32. The van der Waals surface area contributed by atoms with Gasteiger partial charge in [-0.1, -0.05) is 32.4 Å². The SMILES string of the molecule is CC(N)CC1=C(Cl)/C(=C/O)CC(C(C)(C)C)C1. The molecule has 2 unspecified atom stereocenters. The Bertz CT molecular complexity index is 337. The van der Waals surface area contributed by atoms with Crippen molar-refractivity contribution >= 4 is 11.6 Å². The fourth-order valence-electron chi connectivity index (χ4n) is 2.32. The fraction of sp³-hybridized carbons (Fsp3) is 0.714. The van der Waals surface area contributed by atoms with Crippen LogP contribution in [0.1, 0.15) is 47.0 Å². The van der Waals surface area contributed by atoms with E-state index in [1.807, 2.05) is 6.92 Å². The summed E-state index contributed by atoms with van der Waals surface area (Å²) >= 11 is 6.30. The van der Waals surface area contributed by atoms with Gasteiger partial charge in [0.25, 0.3) is 0 Å². The molecule has 98 valence electrons. The smallest absolute Gasteiger partial charge is 0.0838 e. The molecule has 0 amide bonds. The summed E-state index contributed by atoms with van der Waals surface area (Å²) in [4.78, 5) is 0.